The Kier molecular flexibility index (Phi) is 3.34. The van der Waals surface area contributed by atoms with E-state index in [9.17, 15) is 5.11 Å². The summed E-state index contributed by atoms with van der Waals surface area (Å²) in [5.74, 6) is 0. The Morgan fingerprint density at radius 1 is 1.64 bits per heavy atom. The molecule has 0 amide bonds. The number of aliphatic hydroxyl groups excluding tert-OH is 1. The van der Waals surface area contributed by atoms with Crippen molar-refractivity contribution in [3.63, 3.8) is 0 Å². The van der Waals surface area contributed by atoms with E-state index in [0.29, 0.717) is 6.42 Å². The molecule has 3 nitrogen and oxygen atoms in total. The van der Waals surface area contributed by atoms with Gasteiger partial charge in [-0.25, -0.2) is 0 Å². The fourth-order valence-electron chi connectivity index (χ4n) is 1.44. The zero-order chi connectivity index (χ0) is 8.10. The minimum atomic E-state index is -0.164. The molecule has 1 fully saturated rings. The molecule has 0 aromatic carbocycles. The second-order valence-corrected chi connectivity index (χ2v) is 3.00. The Morgan fingerprint density at radius 2 is 2.45 bits per heavy atom. The van der Waals surface area contributed by atoms with Crippen molar-refractivity contribution in [1.29, 1.82) is 5.26 Å². The average molecular weight is 154 g/mol. The van der Waals surface area contributed by atoms with Crippen molar-refractivity contribution in [3.05, 3.63) is 0 Å². The van der Waals surface area contributed by atoms with Gasteiger partial charge in [-0.05, 0) is 19.4 Å². The summed E-state index contributed by atoms with van der Waals surface area (Å²) in [7, 11) is 0. The molecule has 0 aromatic rings. The largest absolute Gasteiger partial charge is 0.392 e. The molecule has 0 radical (unpaired) electrons. The highest BCUT2D eigenvalue weighted by atomic mass is 16.3. The van der Waals surface area contributed by atoms with Crippen molar-refractivity contribution in [1.82, 2.24) is 4.90 Å². The van der Waals surface area contributed by atoms with Crippen molar-refractivity contribution < 1.29 is 5.11 Å². The van der Waals surface area contributed by atoms with Gasteiger partial charge in [0.2, 0.25) is 0 Å². The third-order valence-electron chi connectivity index (χ3n) is 2.02. The van der Waals surface area contributed by atoms with E-state index in [1.54, 1.807) is 0 Å². The van der Waals surface area contributed by atoms with Crippen LogP contribution in [0, 0.1) is 11.3 Å². The molecule has 11 heavy (non-hydrogen) atoms. The molecule has 1 atom stereocenters. The smallest absolute Gasteiger partial charge is 0.0667 e. The number of likely N-dealkylation sites (tertiary alicyclic amines) is 1. The van der Waals surface area contributed by atoms with Crippen LogP contribution in [-0.4, -0.2) is 35.7 Å². The monoisotopic (exact) mass is 154 g/mol. The lowest BCUT2D eigenvalue weighted by Gasteiger charge is -2.28. The lowest BCUT2D eigenvalue weighted by Crippen LogP contribution is -2.38. The predicted molar refractivity (Wildman–Crippen MR) is 41.9 cm³/mol. The van der Waals surface area contributed by atoms with Gasteiger partial charge in [0, 0.05) is 19.5 Å². The van der Waals surface area contributed by atoms with Gasteiger partial charge in [-0.2, -0.15) is 5.26 Å². The quantitative estimate of drug-likeness (QED) is 0.624. The lowest BCUT2D eigenvalue weighted by atomic mass is 10.1. The summed E-state index contributed by atoms with van der Waals surface area (Å²) in [6.07, 6.45) is 2.39. The Bertz CT molecular complexity index is 153. The van der Waals surface area contributed by atoms with Gasteiger partial charge >= 0.3 is 0 Å². The summed E-state index contributed by atoms with van der Waals surface area (Å²) in [6, 6.07) is 2.11. The maximum absolute atomic E-state index is 9.25. The first-order valence-electron chi connectivity index (χ1n) is 4.10. The van der Waals surface area contributed by atoms with Crippen LogP contribution in [0.3, 0.4) is 0 Å². The van der Waals surface area contributed by atoms with Crippen LogP contribution >= 0.6 is 0 Å². The van der Waals surface area contributed by atoms with Crippen molar-refractivity contribution >= 4 is 0 Å². The van der Waals surface area contributed by atoms with E-state index in [1.165, 1.54) is 0 Å². The van der Waals surface area contributed by atoms with E-state index in [-0.39, 0.29) is 6.10 Å². The van der Waals surface area contributed by atoms with E-state index in [1.807, 2.05) is 0 Å². The van der Waals surface area contributed by atoms with Crippen LogP contribution in [0.1, 0.15) is 19.3 Å². The molecule has 0 aliphatic carbocycles. The fourth-order valence-corrected chi connectivity index (χ4v) is 1.44. The SMILES string of the molecule is N#CCCN1CCC[C@H](O)C1. The van der Waals surface area contributed by atoms with Crippen LogP contribution in [-0.2, 0) is 0 Å². The fraction of sp³-hybridized carbons (Fsp3) is 0.875. The summed E-state index contributed by atoms with van der Waals surface area (Å²) < 4.78 is 0. The van der Waals surface area contributed by atoms with Crippen molar-refractivity contribution in [2.75, 3.05) is 19.6 Å². The Balaban J connectivity index is 2.18. The van der Waals surface area contributed by atoms with E-state index < -0.39 is 0 Å². The van der Waals surface area contributed by atoms with Crippen LogP contribution in [0.2, 0.25) is 0 Å². The first-order valence-corrected chi connectivity index (χ1v) is 4.10. The van der Waals surface area contributed by atoms with Crippen LogP contribution < -0.4 is 0 Å². The van der Waals surface area contributed by atoms with E-state index in [4.69, 9.17) is 5.26 Å². The molecule has 0 spiro atoms. The van der Waals surface area contributed by atoms with Crippen LogP contribution in [0.15, 0.2) is 0 Å². The Hall–Kier alpha value is -0.590. The second kappa shape index (κ2) is 4.32. The van der Waals surface area contributed by atoms with Gasteiger partial charge < -0.3 is 5.11 Å². The normalized spacial score (nSPS) is 26.4. The van der Waals surface area contributed by atoms with Gasteiger partial charge in [-0.15, -0.1) is 0 Å². The molecule has 62 valence electrons. The highest BCUT2D eigenvalue weighted by molar-refractivity contribution is 4.76. The van der Waals surface area contributed by atoms with Crippen molar-refractivity contribution in [2.24, 2.45) is 0 Å². The van der Waals surface area contributed by atoms with Crippen LogP contribution in [0.25, 0.3) is 0 Å². The second-order valence-electron chi connectivity index (χ2n) is 3.00. The van der Waals surface area contributed by atoms with Gasteiger partial charge in [0.05, 0.1) is 12.2 Å². The number of nitriles is 1. The molecule has 1 saturated heterocycles. The summed E-state index contributed by atoms with van der Waals surface area (Å²) in [6.45, 7) is 2.61. The molecular weight excluding hydrogens is 140 g/mol. The molecule has 0 unspecified atom stereocenters. The highest BCUT2D eigenvalue weighted by Crippen LogP contribution is 2.09. The standard InChI is InChI=1S/C8H14N2O/c9-4-2-6-10-5-1-3-8(11)7-10/h8,11H,1-3,5-7H2/t8-/m0/s1. The predicted octanol–water partition coefficient (Wildman–Crippen LogP) is 0.357. The van der Waals surface area contributed by atoms with E-state index in [0.717, 1.165) is 32.5 Å². The zero-order valence-corrected chi connectivity index (χ0v) is 6.66. The maximum atomic E-state index is 9.25. The third-order valence-corrected chi connectivity index (χ3v) is 2.02. The average Bonchev–Trinajstić information content (AvgIpc) is 2.01. The van der Waals surface area contributed by atoms with Crippen LogP contribution in [0.5, 0.6) is 0 Å². The number of rotatable bonds is 2. The summed E-state index contributed by atoms with van der Waals surface area (Å²) in [5.41, 5.74) is 0. The molecule has 1 aliphatic heterocycles. The van der Waals surface area contributed by atoms with Crippen molar-refractivity contribution in [2.45, 2.75) is 25.4 Å². The Labute approximate surface area is 67.2 Å². The summed E-state index contributed by atoms with van der Waals surface area (Å²) >= 11 is 0. The topological polar surface area (TPSA) is 47.3 Å². The molecule has 0 bridgehead atoms. The molecule has 0 aromatic heterocycles. The number of nitrogens with zero attached hydrogens (tertiary/aromatic N) is 2. The van der Waals surface area contributed by atoms with Gasteiger partial charge in [0.1, 0.15) is 0 Å². The van der Waals surface area contributed by atoms with E-state index >= 15 is 0 Å². The van der Waals surface area contributed by atoms with Gasteiger partial charge in [-0.1, -0.05) is 0 Å². The third kappa shape index (κ3) is 2.87. The molecular formula is C8H14N2O. The molecule has 0 saturated carbocycles. The number of hydrogen-bond donors (Lipinski definition) is 1. The zero-order valence-electron chi connectivity index (χ0n) is 6.66. The summed E-state index contributed by atoms with van der Waals surface area (Å²) in [5, 5.41) is 17.6. The summed E-state index contributed by atoms with van der Waals surface area (Å²) in [4.78, 5) is 2.15. The minimum absolute atomic E-state index is 0.164. The van der Waals surface area contributed by atoms with Crippen molar-refractivity contribution in [3.8, 4) is 6.07 Å². The molecule has 1 rings (SSSR count). The first kappa shape index (κ1) is 8.51. The number of piperidine rings is 1. The molecule has 3 heteroatoms. The molecule has 1 aliphatic rings. The number of aliphatic hydroxyl groups is 1. The maximum Gasteiger partial charge on any atom is 0.0667 e. The van der Waals surface area contributed by atoms with E-state index in [2.05, 4.69) is 11.0 Å². The minimum Gasteiger partial charge on any atom is -0.392 e. The highest BCUT2D eigenvalue weighted by Gasteiger charge is 2.16. The van der Waals surface area contributed by atoms with Gasteiger partial charge in [-0.3, -0.25) is 4.90 Å². The lowest BCUT2D eigenvalue weighted by molar-refractivity contribution is 0.0719. The molecule has 1 heterocycles. The molecule has 1 N–H and O–H groups in total. The number of hydrogen-bond acceptors (Lipinski definition) is 3. The first-order chi connectivity index (χ1) is 5.33. The van der Waals surface area contributed by atoms with Gasteiger partial charge in [0.25, 0.3) is 0 Å². The Morgan fingerprint density at radius 3 is 3.09 bits per heavy atom. The van der Waals surface area contributed by atoms with Gasteiger partial charge in [0.15, 0.2) is 0 Å². The van der Waals surface area contributed by atoms with Crippen LogP contribution in [0.4, 0.5) is 0 Å². The number of β-amino-alcohol motifs (C(OH)–C–C–N with tert-alkyl or cyclic N) is 1.